The van der Waals surface area contributed by atoms with Crippen molar-refractivity contribution in [2.24, 2.45) is 0 Å². The summed E-state index contributed by atoms with van der Waals surface area (Å²) in [6.07, 6.45) is 0. The average Bonchev–Trinajstić information content (AvgIpc) is 2.69. The summed E-state index contributed by atoms with van der Waals surface area (Å²) in [6, 6.07) is 30.1. The topological polar surface area (TPSA) is 12.0 Å². The molecule has 0 bridgehead atoms. The Labute approximate surface area is 161 Å². The summed E-state index contributed by atoms with van der Waals surface area (Å²) in [5.41, 5.74) is 5.22. The Hall–Kier alpha value is -2.29. The summed E-state index contributed by atoms with van der Waals surface area (Å²) < 4.78 is 0. The molecular weight excluding hydrogens is 334 g/mol. The standard InChI is InChI=1S/C24H25NS/c1-3-25-18-19(2)24(20-10-6-4-7-11-20)21-14-16-23(17-15-21)26-22-12-8-5-9-13-22/h4-17,25H,3,18H2,1-2H3. The summed E-state index contributed by atoms with van der Waals surface area (Å²) >= 11 is 1.80. The highest BCUT2D eigenvalue weighted by molar-refractivity contribution is 7.99. The van der Waals surface area contributed by atoms with Crippen LogP contribution in [-0.4, -0.2) is 13.1 Å². The monoisotopic (exact) mass is 359 g/mol. The molecule has 0 heterocycles. The van der Waals surface area contributed by atoms with Gasteiger partial charge in [-0.25, -0.2) is 0 Å². The molecule has 0 aliphatic heterocycles. The third-order valence-corrected chi connectivity index (χ3v) is 5.27. The van der Waals surface area contributed by atoms with Gasteiger partial charge in [-0.3, -0.25) is 0 Å². The van der Waals surface area contributed by atoms with E-state index < -0.39 is 0 Å². The van der Waals surface area contributed by atoms with Crippen LogP contribution in [0.3, 0.4) is 0 Å². The van der Waals surface area contributed by atoms with Gasteiger partial charge in [-0.1, -0.05) is 84.9 Å². The van der Waals surface area contributed by atoms with Gasteiger partial charge >= 0.3 is 0 Å². The summed E-state index contributed by atoms with van der Waals surface area (Å²) in [5, 5.41) is 3.45. The predicted octanol–water partition coefficient (Wildman–Crippen LogP) is 6.27. The van der Waals surface area contributed by atoms with Gasteiger partial charge in [0.25, 0.3) is 0 Å². The van der Waals surface area contributed by atoms with E-state index in [1.807, 2.05) is 0 Å². The van der Waals surface area contributed by atoms with Gasteiger partial charge in [-0.05, 0) is 54.4 Å². The van der Waals surface area contributed by atoms with Crippen molar-refractivity contribution in [1.29, 1.82) is 0 Å². The fourth-order valence-electron chi connectivity index (χ4n) is 2.98. The molecule has 0 aliphatic carbocycles. The molecule has 0 saturated heterocycles. The molecule has 0 spiro atoms. The van der Waals surface area contributed by atoms with Crippen LogP contribution >= 0.6 is 11.8 Å². The molecule has 1 N–H and O–H groups in total. The number of hydrogen-bond donors (Lipinski definition) is 1. The smallest absolute Gasteiger partial charge is 0.0171 e. The van der Waals surface area contributed by atoms with E-state index in [2.05, 4.69) is 104 Å². The SMILES string of the molecule is CCNCC(C)=C(c1ccccc1)c1ccc(Sc2ccccc2)cc1. The van der Waals surface area contributed by atoms with Crippen LogP contribution < -0.4 is 5.32 Å². The largest absolute Gasteiger partial charge is 0.313 e. The zero-order valence-electron chi connectivity index (χ0n) is 15.4. The van der Waals surface area contributed by atoms with Gasteiger partial charge in [0.1, 0.15) is 0 Å². The lowest BCUT2D eigenvalue weighted by atomic mass is 9.93. The van der Waals surface area contributed by atoms with Gasteiger partial charge in [-0.2, -0.15) is 0 Å². The van der Waals surface area contributed by atoms with Crippen LogP contribution in [0.5, 0.6) is 0 Å². The van der Waals surface area contributed by atoms with E-state index in [9.17, 15) is 0 Å². The molecule has 26 heavy (non-hydrogen) atoms. The Morgan fingerprint density at radius 2 is 1.27 bits per heavy atom. The van der Waals surface area contributed by atoms with Crippen molar-refractivity contribution in [3.05, 3.63) is 102 Å². The fraction of sp³-hybridized carbons (Fsp3) is 0.167. The Balaban J connectivity index is 1.89. The Morgan fingerprint density at radius 1 is 0.731 bits per heavy atom. The van der Waals surface area contributed by atoms with Gasteiger partial charge in [0.2, 0.25) is 0 Å². The zero-order valence-corrected chi connectivity index (χ0v) is 16.2. The lowest BCUT2D eigenvalue weighted by Gasteiger charge is -2.14. The number of likely N-dealkylation sites (N-methyl/N-ethyl adjacent to an activating group) is 1. The number of nitrogens with one attached hydrogen (secondary N) is 1. The summed E-state index contributed by atoms with van der Waals surface area (Å²) in [7, 11) is 0. The van der Waals surface area contributed by atoms with Gasteiger partial charge in [0, 0.05) is 16.3 Å². The molecule has 3 aromatic rings. The Morgan fingerprint density at radius 3 is 1.88 bits per heavy atom. The van der Waals surface area contributed by atoms with Crippen molar-refractivity contribution in [3.8, 4) is 0 Å². The van der Waals surface area contributed by atoms with Crippen molar-refractivity contribution in [2.45, 2.75) is 23.6 Å². The van der Waals surface area contributed by atoms with Gasteiger partial charge in [0.05, 0.1) is 0 Å². The maximum atomic E-state index is 3.45. The van der Waals surface area contributed by atoms with Crippen molar-refractivity contribution in [2.75, 3.05) is 13.1 Å². The molecule has 0 fully saturated rings. The molecule has 0 saturated carbocycles. The third kappa shape index (κ3) is 4.87. The molecule has 3 aromatic carbocycles. The van der Waals surface area contributed by atoms with E-state index in [4.69, 9.17) is 0 Å². The first kappa shape index (κ1) is 18.5. The highest BCUT2D eigenvalue weighted by atomic mass is 32.2. The molecule has 0 radical (unpaired) electrons. The first-order valence-electron chi connectivity index (χ1n) is 9.07. The van der Waals surface area contributed by atoms with Crippen LogP contribution in [-0.2, 0) is 0 Å². The molecule has 0 unspecified atom stereocenters. The third-order valence-electron chi connectivity index (χ3n) is 4.25. The van der Waals surface area contributed by atoms with Crippen molar-refractivity contribution in [1.82, 2.24) is 5.32 Å². The summed E-state index contributed by atoms with van der Waals surface area (Å²) in [4.78, 5) is 2.53. The number of hydrogen-bond acceptors (Lipinski definition) is 2. The van der Waals surface area contributed by atoms with Gasteiger partial charge in [-0.15, -0.1) is 0 Å². The highest BCUT2D eigenvalue weighted by Gasteiger charge is 2.09. The maximum Gasteiger partial charge on any atom is 0.0171 e. The van der Waals surface area contributed by atoms with Crippen LogP contribution in [0.25, 0.3) is 5.57 Å². The van der Waals surface area contributed by atoms with Gasteiger partial charge < -0.3 is 5.32 Å². The van der Waals surface area contributed by atoms with Crippen LogP contribution in [0, 0.1) is 0 Å². The van der Waals surface area contributed by atoms with E-state index in [0.717, 1.165) is 13.1 Å². The second kappa shape index (κ2) is 9.42. The molecule has 132 valence electrons. The van der Waals surface area contributed by atoms with Crippen LogP contribution in [0.1, 0.15) is 25.0 Å². The summed E-state index contributed by atoms with van der Waals surface area (Å²) in [6.45, 7) is 6.25. The molecule has 0 aliphatic rings. The molecule has 0 amide bonds. The van der Waals surface area contributed by atoms with Crippen molar-refractivity contribution in [3.63, 3.8) is 0 Å². The van der Waals surface area contributed by atoms with Crippen LogP contribution in [0.2, 0.25) is 0 Å². The van der Waals surface area contributed by atoms with E-state index in [1.165, 1.54) is 32.1 Å². The predicted molar refractivity (Wildman–Crippen MR) is 114 cm³/mol. The lowest BCUT2D eigenvalue weighted by molar-refractivity contribution is 0.777. The quantitative estimate of drug-likeness (QED) is 0.533. The van der Waals surface area contributed by atoms with Gasteiger partial charge in [0.15, 0.2) is 0 Å². The minimum atomic E-state index is 0.904. The van der Waals surface area contributed by atoms with E-state index >= 15 is 0 Å². The fourth-order valence-corrected chi connectivity index (χ4v) is 3.82. The highest BCUT2D eigenvalue weighted by Crippen LogP contribution is 2.31. The normalized spacial score (nSPS) is 11.9. The van der Waals surface area contributed by atoms with E-state index in [-0.39, 0.29) is 0 Å². The average molecular weight is 360 g/mol. The number of benzene rings is 3. The lowest BCUT2D eigenvalue weighted by Crippen LogP contribution is -2.16. The number of rotatable bonds is 7. The first-order valence-corrected chi connectivity index (χ1v) is 9.89. The van der Waals surface area contributed by atoms with Crippen molar-refractivity contribution >= 4 is 17.3 Å². The van der Waals surface area contributed by atoms with Crippen LogP contribution in [0.4, 0.5) is 0 Å². The molecular formula is C24H25NS. The maximum absolute atomic E-state index is 3.45. The zero-order chi connectivity index (χ0) is 18.2. The molecule has 2 heteroatoms. The van der Waals surface area contributed by atoms with Crippen LogP contribution in [0.15, 0.2) is 100 Å². The molecule has 3 rings (SSSR count). The molecule has 1 nitrogen and oxygen atoms in total. The Kier molecular flexibility index (Phi) is 6.70. The molecule has 0 atom stereocenters. The Bertz CT molecular complexity index is 836. The minimum Gasteiger partial charge on any atom is -0.313 e. The second-order valence-corrected chi connectivity index (χ2v) is 7.39. The van der Waals surface area contributed by atoms with E-state index in [1.54, 1.807) is 11.8 Å². The van der Waals surface area contributed by atoms with Crippen molar-refractivity contribution < 1.29 is 0 Å². The first-order chi connectivity index (χ1) is 12.8. The summed E-state index contributed by atoms with van der Waals surface area (Å²) in [5.74, 6) is 0. The minimum absolute atomic E-state index is 0.904. The second-order valence-electron chi connectivity index (χ2n) is 6.24. The molecule has 0 aromatic heterocycles. The van der Waals surface area contributed by atoms with E-state index in [0.29, 0.717) is 0 Å².